The smallest absolute Gasteiger partial charge is 0.345 e. The van der Waals surface area contributed by atoms with Gasteiger partial charge in [0.1, 0.15) is 5.82 Å². The van der Waals surface area contributed by atoms with Crippen molar-refractivity contribution in [1.82, 2.24) is 19.7 Å². The summed E-state index contributed by atoms with van der Waals surface area (Å²) in [7, 11) is 3.14. The minimum atomic E-state index is -4.75. The van der Waals surface area contributed by atoms with Crippen LogP contribution >= 0.6 is 0 Å². The van der Waals surface area contributed by atoms with Gasteiger partial charge >= 0.3 is 6.18 Å². The number of alkyl halides is 3. The fourth-order valence-electron chi connectivity index (χ4n) is 2.00. The lowest BCUT2D eigenvalue weighted by atomic mass is 10.2. The number of amides is 2. The Kier molecular flexibility index (Phi) is 5.10. The first kappa shape index (κ1) is 18.4. The van der Waals surface area contributed by atoms with Crippen LogP contribution < -0.4 is 5.32 Å². The molecule has 0 atom stereocenters. The van der Waals surface area contributed by atoms with Crippen LogP contribution in [0.5, 0.6) is 0 Å². The monoisotopic (exact) mass is 355 g/mol. The Labute approximate surface area is 141 Å². The quantitative estimate of drug-likeness (QED) is 0.912. The number of carbonyl (C=O) groups is 2. The average Bonchev–Trinajstić information content (AvgIpc) is 2.99. The number of halogens is 3. The highest BCUT2D eigenvalue weighted by atomic mass is 19.4. The molecule has 7 nitrogen and oxygen atoms in total. The normalized spacial score (nSPS) is 11.3. The minimum absolute atomic E-state index is 0.0256. The minimum Gasteiger partial charge on any atom is -0.345 e. The van der Waals surface area contributed by atoms with Crippen LogP contribution in [0, 0.1) is 0 Å². The first-order chi connectivity index (χ1) is 11.6. The van der Waals surface area contributed by atoms with Crippen molar-refractivity contribution in [2.45, 2.75) is 19.6 Å². The zero-order valence-corrected chi connectivity index (χ0v) is 13.8. The van der Waals surface area contributed by atoms with E-state index in [1.165, 1.54) is 23.2 Å². The lowest BCUT2D eigenvalue weighted by molar-refractivity contribution is -0.141. The molecule has 2 aromatic heterocycles. The largest absolute Gasteiger partial charge is 0.435 e. The number of rotatable bonds is 4. The molecular weight excluding hydrogens is 339 g/mol. The third-order valence-electron chi connectivity index (χ3n) is 3.26. The van der Waals surface area contributed by atoms with Crippen molar-refractivity contribution in [2.75, 3.05) is 19.4 Å². The van der Waals surface area contributed by atoms with Crippen molar-refractivity contribution in [3.8, 4) is 0 Å². The Balaban J connectivity index is 2.23. The van der Waals surface area contributed by atoms with Crippen molar-refractivity contribution < 1.29 is 22.8 Å². The summed E-state index contributed by atoms with van der Waals surface area (Å²) < 4.78 is 40.0. The van der Waals surface area contributed by atoms with Crippen LogP contribution in [0.3, 0.4) is 0 Å². The Hall–Kier alpha value is -2.91. The molecule has 0 aromatic carbocycles. The van der Waals surface area contributed by atoms with Gasteiger partial charge < -0.3 is 10.2 Å². The summed E-state index contributed by atoms with van der Waals surface area (Å²) in [6, 6.07) is 2.76. The number of nitrogens with one attached hydrogen (secondary N) is 1. The van der Waals surface area contributed by atoms with E-state index >= 15 is 0 Å². The first-order valence-corrected chi connectivity index (χ1v) is 7.27. The van der Waals surface area contributed by atoms with Crippen molar-refractivity contribution in [3.05, 3.63) is 41.3 Å². The van der Waals surface area contributed by atoms with Gasteiger partial charge in [0, 0.05) is 33.0 Å². The lowest BCUT2D eigenvalue weighted by Gasteiger charge is -2.10. The van der Waals surface area contributed by atoms with Gasteiger partial charge in [-0.2, -0.15) is 18.3 Å². The van der Waals surface area contributed by atoms with Crippen LogP contribution in [0.15, 0.2) is 24.5 Å². The predicted molar refractivity (Wildman–Crippen MR) is 83.1 cm³/mol. The summed E-state index contributed by atoms with van der Waals surface area (Å²) in [5.74, 6) is -1.24. The van der Waals surface area contributed by atoms with Crippen LogP contribution in [0.2, 0.25) is 0 Å². The molecule has 2 rings (SSSR count). The number of anilines is 1. The van der Waals surface area contributed by atoms with E-state index in [0.29, 0.717) is 0 Å². The molecule has 0 bridgehead atoms. The highest BCUT2D eigenvalue weighted by Gasteiger charge is 2.39. The van der Waals surface area contributed by atoms with Gasteiger partial charge in [0.25, 0.3) is 11.8 Å². The number of pyridine rings is 1. The maximum absolute atomic E-state index is 13.0. The summed E-state index contributed by atoms with van der Waals surface area (Å²) in [6.07, 6.45) is -2.48. The van der Waals surface area contributed by atoms with E-state index in [4.69, 9.17) is 0 Å². The molecule has 2 amide bonds. The van der Waals surface area contributed by atoms with Gasteiger partial charge in [-0.05, 0) is 19.1 Å². The topological polar surface area (TPSA) is 80.1 Å². The molecule has 0 aliphatic carbocycles. The lowest BCUT2D eigenvalue weighted by Crippen LogP contribution is -2.22. The number of nitrogens with zero attached hydrogens (tertiary/aromatic N) is 4. The molecule has 0 radical (unpaired) electrons. The van der Waals surface area contributed by atoms with Gasteiger partial charge in [-0.1, -0.05) is 0 Å². The number of aryl methyl sites for hydroxylation is 1. The van der Waals surface area contributed by atoms with Crippen molar-refractivity contribution in [3.63, 3.8) is 0 Å². The SMILES string of the molecule is CCn1cc(C(=O)Nc2ccc(C(=O)N(C)C)cn2)c(C(F)(F)F)n1. The molecule has 2 aromatic rings. The average molecular weight is 355 g/mol. The van der Waals surface area contributed by atoms with E-state index in [1.807, 2.05) is 0 Å². The summed E-state index contributed by atoms with van der Waals surface area (Å²) in [4.78, 5) is 29.1. The third kappa shape index (κ3) is 4.14. The van der Waals surface area contributed by atoms with Crippen LogP contribution in [-0.2, 0) is 12.7 Å². The molecule has 0 aliphatic rings. The zero-order chi connectivity index (χ0) is 18.8. The number of aromatic nitrogens is 3. The molecule has 0 saturated heterocycles. The molecule has 0 fully saturated rings. The van der Waals surface area contributed by atoms with Gasteiger partial charge in [0.2, 0.25) is 0 Å². The van der Waals surface area contributed by atoms with Gasteiger partial charge in [-0.15, -0.1) is 0 Å². The molecule has 1 N–H and O–H groups in total. The highest BCUT2D eigenvalue weighted by Crippen LogP contribution is 2.31. The highest BCUT2D eigenvalue weighted by molar-refractivity contribution is 6.04. The summed E-state index contributed by atoms with van der Waals surface area (Å²) in [5.41, 5.74) is -1.56. The molecule has 25 heavy (non-hydrogen) atoms. The first-order valence-electron chi connectivity index (χ1n) is 7.27. The molecule has 0 unspecified atom stereocenters. The molecular formula is C15H16F3N5O2. The van der Waals surface area contributed by atoms with Crippen LogP contribution in [0.1, 0.15) is 33.3 Å². The fraction of sp³-hybridized carbons (Fsp3) is 0.333. The van der Waals surface area contributed by atoms with E-state index in [9.17, 15) is 22.8 Å². The molecule has 0 spiro atoms. The Bertz CT molecular complexity index is 781. The Morgan fingerprint density at radius 3 is 2.44 bits per heavy atom. The maximum Gasteiger partial charge on any atom is 0.435 e. The van der Waals surface area contributed by atoms with Gasteiger partial charge in [-0.3, -0.25) is 14.3 Å². The van der Waals surface area contributed by atoms with E-state index in [0.717, 1.165) is 10.9 Å². The van der Waals surface area contributed by atoms with E-state index in [2.05, 4.69) is 15.4 Å². The van der Waals surface area contributed by atoms with Crippen molar-refractivity contribution in [2.24, 2.45) is 0 Å². The summed E-state index contributed by atoms with van der Waals surface area (Å²) in [6.45, 7) is 1.80. The second-order valence-electron chi connectivity index (χ2n) is 5.33. The number of hydrogen-bond donors (Lipinski definition) is 1. The molecule has 10 heteroatoms. The van der Waals surface area contributed by atoms with Crippen LogP contribution in [0.25, 0.3) is 0 Å². The fourth-order valence-corrected chi connectivity index (χ4v) is 2.00. The summed E-state index contributed by atoms with van der Waals surface area (Å²) >= 11 is 0. The Morgan fingerprint density at radius 1 is 1.28 bits per heavy atom. The number of hydrogen-bond acceptors (Lipinski definition) is 4. The predicted octanol–water partition coefficient (Wildman–Crippen LogP) is 2.27. The van der Waals surface area contributed by atoms with Gasteiger partial charge in [0.05, 0.1) is 11.1 Å². The maximum atomic E-state index is 13.0. The van der Waals surface area contributed by atoms with Crippen LogP contribution in [0.4, 0.5) is 19.0 Å². The second-order valence-corrected chi connectivity index (χ2v) is 5.33. The molecule has 0 saturated carbocycles. The van der Waals surface area contributed by atoms with E-state index in [1.54, 1.807) is 21.0 Å². The molecule has 0 aliphatic heterocycles. The molecule has 2 heterocycles. The van der Waals surface area contributed by atoms with E-state index in [-0.39, 0.29) is 23.8 Å². The van der Waals surface area contributed by atoms with E-state index < -0.39 is 23.3 Å². The third-order valence-corrected chi connectivity index (χ3v) is 3.26. The second kappa shape index (κ2) is 6.91. The zero-order valence-electron chi connectivity index (χ0n) is 13.8. The standard InChI is InChI=1S/C15H16F3N5O2/c1-4-23-8-10(12(21-23)15(16,17)18)13(24)20-11-6-5-9(7-19-11)14(25)22(2)3/h5-8H,4H2,1-3H3,(H,19,20,24). The number of carbonyl (C=O) groups excluding carboxylic acids is 2. The van der Waals surface area contributed by atoms with Gasteiger partial charge in [0.15, 0.2) is 5.69 Å². The molecule has 134 valence electrons. The summed E-state index contributed by atoms with van der Waals surface area (Å²) in [5, 5.41) is 5.65. The van der Waals surface area contributed by atoms with Gasteiger partial charge in [-0.25, -0.2) is 4.98 Å². The van der Waals surface area contributed by atoms with Crippen molar-refractivity contribution in [1.29, 1.82) is 0 Å². The van der Waals surface area contributed by atoms with Crippen LogP contribution in [-0.4, -0.2) is 45.6 Å². The van der Waals surface area contributed by atoms with Crippen molar-refractivity contribution >= 4 is 17.6 Å². The Morgan fingerprint density at radius 2 is 1.96 bits per heavy atom.